The van der Waals surface area contributed by atoms with Crippen LogP contribution in [-0.4, -0.2) is 16.9 Å². The van der Waals surface area contributed by atoms with Gasteiger partial charge in [0.15, 0.2) is 11.5 Å². The normalized spacial score (nSPS) is 10.7. The minimum atomic E-state index is 0.350. The molecule has 2 aromatic rings. The number of benzene rings is 1. The molecule has 0 N–H and O–H groups in total. The summed E-state index contributed by atoms with van der Waals surface area (Å²) in [5.74, 6) is 1.44. The molecule has 6 heteroatoms. The first-order valence-electron chi connectivity index (χ1n) is 6.67. The highest BCUT2D eigenvalue weighted by molar-refractivity contribution is 9.08. The fourth-order valence-electron chi connectivity index (χ4n) is 2.11. The quantitative estimate of drug-likeness (QED) is 0.715. The van der Waals surface area contributed by atoms with Crippen LogP contribution in [0.25, 0.3) is 0 Å². The first-order valence-corrected chi connectivity index (χ1v) is 8.17. The lowest BCUT2D eigenvalue weighted by atomic mass is 10.2. The van der Waals surface area contributed by atoms with Crippen molar-refractivity contribution in [1.82, 2.24) is 9.78 Å². The van der Waals surface area contributed by atoms with Crippen molar-refractivity contribution in [3.05, 3.63) is 40.2 Å². The van der Waals surface area contributed by atoms with E-state index in [9.17, 15) is 0 Å². The van der Waals surface area contributed by atoms with E-state index in [1.807, 2.05) is 32.2 Å². The summed E-state index contributed by atoms with van der Waals surface area (Å²) in [5.41, 5.74) is 2.78. The molecule has 0 aliphatic carbocycles. The van der Waals surface area contributed by atoms with Crippen LogP contribution in [0.4, 0.5) is 0 Å². The van der Waals surface area contributed by atoms with Crippen molar-refractivity contribution in [2.75, 3.05) is 7.11 Å². The Hall–Kier alpha value is -1.20. The lowest BCUT2D eigenvalue weighted by Crippen LogP contribution is -2.05. The largest absolute Gasteiger partial charge is 0.493 e. The van der Waals surface area contributed by atoms with E-state index in [1.54, 1.807) is 11.8 Å². The summed E-state index contributed by atoms with van der Waals surface area (Å²) in [5, 5.41) is 5.76. The molecule has 0 fully saturated rings. The number of methoxy groups -OCH3 is 1. The molecule has 4 nitrogen and oxygen atoms in total. The SMILES string of the molecule is CCc1nn(C)c(COc2c(CBr)cccc2OC)c1Cl. The summed E-state index contributed by atoms with van der Waals surface area (Å²) in [4.78, 5) is 0. The van der Waals surface area contributed by atoms with Crippen molar-refractivity contribution >= 4 is 27.5 Å². The highest BCUT2D eigenvalue weighted by Gasteiger charge is 2.16. The van der Waals surface area contributed by atoms with Gasteiger partial charge in [0.05, 0.1) is 23.5 Å². The lowest BCUT2D eigenvalue weighted by molar-refractivity contribution is 0.273. The molecule has 0 aliphatic rings. The number of aryl methyl sites for hydroxylation is 2. The van der Waals surface area contributed by atoms with Gasteiger partial charge in [-0.2, -0.15) is 5.10 Å². The zero-order valence-corrected chi connectivity index (χ0v) is 14.7. The maximum absolute atomic E-state index is 6.34. The van der Waals surface area contributed by atoms with Gasteiger partial charge in [-0.15, -0.1) is 0 Å². The third-order valence-corrected chi connectivity index (χ3v) is 4.32. The number of para-hydroxylation sites is 1. The van der Waals surface area contributed by atoms with Crippen LogP contribution in [0.1, 0.15) is 23.9 Å². The average Bonchev–Trinajstić information content (AvgIpc) is 2.78. The van der Waals surface area contributed by atoms with Crippen LogP contribution in [0.15, 0.2) is 18.2 Å². The summed E-state index contributed by atoms with van der Waals surface area (Å²) < 4.78 is 13.1. The van der Waals surface area contributed by atoms with Crippen molar-refractivity contribution in [3.63, 3.8) is 0 Å². The Morgan fingerprint density at radius 2 is 2.14 bits per heavy atom. The van der Waals surface area contributed by atoms with Crippen molar-refractivity contribution in [2.24, 2.45) is 7.05 Å². The predicted octanol–water partition coefficient (Wildman–Crippen LogP) is 4.12. The average molecular weight is 374 g/mol. The number of hydrogen-bond acceptors (Lipinski definition) is 3. The summed E-state index contributed by atoms with van der Waals surface area (Å²) >= 11 is 9.80. The molecule has 114 valence electrons. The molecule has 0 bridgehead atoms. The monoisotopic (exact) mass is 372 g/mol. The molecule has 2 rings (SSSR count). The molecule has 21 heavy (non-hydrogen) atoms. The van der Waals surface area contributed by atoms with E-state index in [2.05, 4.69) is 21.0 Å². The summed E-state index contributed by atoms with van der Waals surface area (Å²) in [6.45, 7) is 2.38. The zero-order chi connectivity index (χ0) is 15.4. The van der Waals surface area contributed by atoms with Crippen LogP contribution in [0.5, 0.6) is 11.5 Å². The smallest absolute Gasteiger partial charge is 0.165 e. The second-order valence-corrected chi connectivity index (χ2v) is 5.49. The Bertz CT molecular complexity index is 606. The second kappa shape index (κ2) is 7.18. The molecule has 0 atom stereocenters. The fourth-order valence-corrected chi connectivity index (χ4v) is 2.90. The first-order chi connectivity index (χ1) is 10.1. The number of aromatic nitrogens is 2. The molecule has 0 aliphatic heterocycles. The Kier molecular flexibility index (Phi) is 5.53. The van der Waals surface area contributed by atoms with Crippen molar-refractivity contribution in [1.29, 1.82) is 0 Å². The highest BCUT2D eigenvalue weighted by Crippen LogP contribution is 2.33. The molecule has 1 aromatic heterocycles. The molecular weight excluding hydrogens is 356 g/mol. The zero-order valence-electron chi connectivity index (χ0n) is 12.3. The summed E-state index contributed by atoms with van der Waals surface area (Å²) in [6.07, 6.45) is 0.800. The number of ether oxygens (including phenoxy) is 2. The molecule has 0 saturated carbocycles. The van der Waals surface area contributed by atoms with Gasteiger partial charge >= 0.3 is 0 Å². The van der Waals surface area contributed by atoms with Gasteiger partial charge in [-0.05, 0) is 12.5 Å². The molecule has 0 saturated heterocycles. The lowest BCUT2D eigenvalue weighted by Gasteiger charge is -2.14. The van der Waals surface area contributed by atoms with Gasteiger partial charge in [0.25, 0.3) is 0 Å². The van der Waals surface area contributed by atoms with E-state index in [1.165, 1.54) is 0 Å². The maximum atomic E-state index is 6.34. The molecule has 0 spiro atoms. The van der Waals surface area contributed by atoms with Crippen molar-refractivity contribution in [2.45, 2.75) is 25.3 Å². The number of nitrogens with zero attached hydrogens (tertiary/aromatic N) is 2. The standard InChI is InChI=1S/C15H18BrClN2O2/c1-4-11-14(17)12(19(2)18-11)9-21-15-10(8-16)6-5-7-13(15)20-3/h5-7H,4,8-9H2,1-3H3. The number of alkyl halides is 1. The van der Waals surface area contributed by atoms with Crippen LogP contribution >= 0.6 is 27.5 Å². The maximum Gasteiger partial charge on any atom is 0.165 e. The summed E-state index contributed by atoms with van der Waals surface area (Å²) in [7, 11) is 3.50. The van der Waals surface area contributed by atoms with Crippen LogP contribution in [0, 0.1) is 0 Å². The van der Waals surface area contributed by atoms with E-state index in [0.29, 0.717) is 22.7 Å². The molecular formula is C15H18BrClN2O2. The number of hydrogen-bond donors (Lipinski definition) is 0. The van der Waals surface area contributed by atoms with Crippen molar-refractivity contribution in [3.8, 4) is 11.5 Å². The van der Waals surface area contributed by atoms with Gasteiger partial charge in [0.2, 0.25) is 0 Å². The van der Waals surface area contributed by atoms with Gasteiger partial charge < -0.3 is 9.47 Å². The first kappa shape index (κ1) is 16.2. The molecule has 1 aromatic carbocycles. The minimum absolute atomic E-state index is 0.350. The molecule has 0 amide bonds. The number of halogens is 2. The van der Waals surface area contributed by atoms with Crippen LogP contribution in [-0.2, 0) is 25.4 Å². The number of rotatable bonds is 6. The second-order valence-electron chi connectivity index (χ2n) is 4.56. The van der Waals surface area contributed by atoms with Crippen molar-refractivity contribution < 1.29 is 9.47 Å². The Morgan fingerprint density at radius 3 is 2.71 bits per heavy atom. The Labute approximate surface area is 138 Å². The Balaban J connectivity index is 2.26. The van der Waals surface area contributed by atoms with E-state index in [4.69, 9.17) is 21.1 Å². The van der Waals surface area contributed by atoms with Gasteiger partial charge in [-0.3, -0.25) is 4.68 Å². The Morgan fingerprint density at radius 1 is 1.38 bits per heavy atom. The van der Waals surface area contributed by atoms with E-state index in [0.717, 1.165) is 29.1 Å². The topological polar surface area (TPSA) is 36.3 Å². The molecule has 0 unspecified atom stereocenters. The van der Waals surface area contributed by atoms with Crippen LogP contribution < -0.4 is 9.47 Å². The predicted molar refractivity (Wildman–Crippen MR) is 87.6 cm³/mol. The third-order valence-electron chi connectivity index (χ3n) is 3.28. The van der Waals surface area contributed by atoms with Gasteiger partial charge in [0.1, 0.15) is 6.61 Å². The fraction of sp³-hybridized carbons (Fsp3) is 0.400. The minimum Gasteiger partial charge on any atom is -0.493 e. The van der Waals surface area contributed by atoms with E-state index < -0.39 is 0 Å². The van der Waals surface area contributed by atoms with Gasteiger partial charge in [0, 0.05) is 17.9 Å². The molecule has 1 heterocycles. The summed E-state index contributed by atoms with van der Waals surface area (Å²) in [6, 6.07) is 5.81. The highest BCUT2D eigenvalue weighted by atomic mass is 79.9. The van der Waals surface area contributed by atoms with E-state index >= 15 is 0 Å². The van der Waals surface area contributed by atoms with E-state index in [-0.39, 0.29) is 0 Å². The van der Waals surface area contributed by atoms with Crippen LogP contribution in [0.3, 0.4) is 0 Å². The van der Waals surface area contributed by atoms with Crippen LogP contribution in [0.2, 0.25) is 5.02 Å². The van der Waals surface area contributed by atoms with Gasteiger partial charge in [-0.1, -0.05) is 46.6 Å². The third kappa shape index (κ3) is 3.35. The van der Waals surface area contributed by atoms with Gasteiger partial charge in [-0.25, -0.2) is 0 Å². The molecule has 0 radical (unpaired) electrons.